The molecule has 3 aromatic carbocycles. The van der Waals surface area contributed by atoms with Gasteiger partial charge in [0.2, 0.25) is 5.88 Å². The number of rotatable bonds is 4. The summed E-state index contributed by atoms with van der Waals surface area (Å²) in [5.74, 6) is -0.171. The molecule has 0 fully saturated rings. The van der Waals surface area contributed by atoms with Crippen molar-refractivity contribution < 1.29 is 19.0 Å². The number of methoxy groups -OCH3 is 1. The third-order valence-electron chi connectivity index (χ3n) is 5.95. The van der Waals surface area contributed by atoms with Gasteiger partial charge < -0.3 is 19.9 Å². The van der Waals surface area contributed by atoms with E-state index in [0.29, 0.717) is 11.3 Å². The topological polar surface area (TPSA) is 94.6 Å². The summed E-state index contributed by atoms with van der Waals surface area (Å²) in [6, 6.07) is 18.1. The number of hydrogen-bond donors (Lipinski definition) is 1. The van der Waals surface area contributed by atoms with Gasteiger partial charge in [-0.25, -0.2) is 4.79 Å². The van der Waals surface area contributed by atoms with Crippen LogP contribution in [0.2, 0.25) is 10.0 Å². The molecule has 4 rings (SSSR count). The fourth-order valence-corrected chi connectivity index (χ4v) is 4.70. The van der Waals surface area contributed by atoms with Gasteiger partial charge in [0.1, 0.15) is 23.1 Å². The molecule has 1 heterocycles. The highest BCUT2D eigenvalue weighted by Gasteiger charge is 2.31. The molecule has 3 aromatic rings. The van der Waals surface area contributed by atoms with Gasteiger partial charge in [-0.3, -0.25) is 0 Å². The number of benzene rings is 3. The van der Waals surface area contributed by atoms with Crippen molar-refractivity contribution in [1.82, 2.24) is 0 Å². The number of hydrogen-bond acceptors (Lipinski definition) is 6. The van der Waals surface area contributed by atoms with Crippen LogP contribution in [0.5, 0.6) is 17.2 Å². The Balaban J connectivity index is 1.67. The van der Waals surface area contributed by atoms with Gasteiger partial charge in [0.05, 0.1) is 28.6 Å². The van der Waals surface area contributed by atoms with Crippen molar-refractivity contribution in [3.8, 4) is 23.3 Å². The van der Waals surface area contributed by atoms with Gasteiger partial charge in [-0.15, -0.1) is 0 Å². The molecule has 0 bridgehead atoms. The summed E-state index contributed by atoms with van der Waals surface area (Å²) in [5, 5.41) is 10.2. The van der Waals surface area contributed by atoms with Crippen LogP contribution in [0.25, 0.3) is 0 Å². The Morgan fingerprint density at radius 3 is 2.25 bits per heavy atom. The van der Waals surface area contributed by atoms with Crippen LogP contribution in [-0.4, -0.2) is 13.1 Å². The molecule has 0 saturated carbocycles. The molecule has 0 radical (unpaired) electrons. The first-order chi connectivity index (χ1) is 17.0. The molecule has 184 valence electrons. The average molecular weight is 523 g/mol. The molecule has 1 aliphatic rings. The smallest absolute Gasteiger partial charge is 0.343 e. The first-order valence-electron chi connectivity index (χ1n) is 11.1. The molecule has 0 aliphatic carbocycles. The van der Waals surface area contributed by atoms with E-state index < -0.39 is 11.9 Å². The first-order valence-corrected chi connectivity index (χ1v) is 11.9. The quantitative estimate of drug-likeness (QED) is 0.301. The summed E-state index contributed by atoms with van der Waals surface area (Å²) in [6.07, 6.45) is 0. The minimum absolute atomic E-state index is 0.00381. The fourth-order valence-electron chi connectivity index (χ4n) is 4.06. The van der Waals surface area contributed by atoms with E-state index in [4.69, 9.17) is 43.1 Å². The molecule has 6 nitrogen and oxygen atoms in total. The Bertz CT molecular complexity index is 1390. The third-order valence-corrected chi connectivity index (χ3v) is 6.51. The number of esters is 1. The van der Waals surface area contributed by atoms with Gasteiger partial charge in [-0.05, 0) is 34.7 Å². The van der Waals surface area contributed by atoms with Crippen LogP contribution < -0.4 is 19.9 Å². The third kappa shape index (κ3) is 4.86. The predicted molar refractivity (Wildman–Crippen MR) is 139 cm³/mol. The Kier molecular flexibility index (Phi) is 6.90. The maximum Gasteiger partial charge on any atom is 0.343 e. The van der Waals surface area contributed by atoms with Crippen LogP contribution in [0.1, 0.15) is 53.7 Å². The number of carbonyl (C=O) groups excluding carboxylic acids is 1. The number of ether oxygens (including phenoxy) is 3. The van der Waals surface area contributed by atoms with Gasteiger partial charge in [0, 0.05) is 11.6 Å². The minimum atomic E-state index is -0.659. The van der Waals surface area contributed by atoms with Crippen LogP contribution in [0, 0.1) is 11.3 Å². The molecular formula is C28H24Cl2N2O4. The molecule has 1 aliphatic heterocycles. The number of carbonyl (C=O) groups is 1. The van der Waals surface area contributed by atoms with E-state index in [1.165, 1.54) is 24.8 Å². The minimum Gasteiger partial charge on any atom is -0.494 e. The summed E-state index contributed by atoms with van der Waals surface area (Å²) >= 11 is 12.3. The lowest BCUT2D eigenvalue weighted by molar-refractivity contribution is 0.0734. The first kappa shape index (κ1) is 25.4. The van der Waals surface area contributed by atoms with Crippen molar-refractivity contribution in [2.45, 2.75) is 32.1 Å². The Hall–Kier alpha value is -3.66. The zero-order valence-corrected chi connectivity index (χ0v) is 21.7. The Morgan fingerprint density at radius 1 is 1.06 bits per heavy atom. The van der Waals surface area contributed by atoms with E-state index in [0.717, 1.165) is 11.1 Å². The zero-order valence-electron chi connectivity index (χ0n) is 20.2. The van der Waals surface area contributed by atoms with Crippen molar-refractivity contribution in [1.29, 1.82) is 5.26 Å². The highest BCUT2D eigenvalue weighted by molar-refractivity contribution is 6.37. The second-order valence-corrected chi connectivity index (χ2v) is 10.2. The molecule has 8 heteroatoms. The average Bonchev–Trinajstić information content (AvgIpc) is 2.82. The largest absolute Gasteiger partial charge is 0.494 e. The maximum atomic E-state index is 12.7. The van der Waals surface area contributed by atoms with E-state index in [9.17, 15) is 10.1 Å². The summed E-state index contributed by atoms with van der Waals surface area (Å²) in [5.41, 5.74) is 9.41. The molecule has 1 atom stereocenters. The number of allylic oxidation sites excluding steroid dienone is 1. The molecular weight excluding hydrogens is 499 g/mol. The Labute approximate surface area is 219 Å². The van der Waals surface area contributed by atoms with Gasteiger partial charge in [-0.2, -0.15) is 5.26 Å². The summed E-state index contributed by atoms with van der Waals surface area (Å²) in [6.45, 7) is 6.42. The number of nitrogens with two attached hydrogens (primary N) is 1. The number of nitrogens with zero attached hydrogens (tertiary/aromatic N) is 1. The van der Waals surface area contributed by atoms with Gasteiger partial charge in [0.25, 0.3) is 0 Å². The summed E-state index contributed by atoms with van der Waals surface area (Å²) < 4.78 is 16.4. The van der Waals surface area contributed by atoms with Crippen LogP contribution >= 0.6 is 23.2 Å². The van der Waals surface area contributed by atoms with E-state index in [1.54, 1.807) is 18.2 Å². The molecule has 1 unspecified atom stereocenters. The van der Waals surface area contributed by atoms with E-state index in [-0.39, 0.29) is 38.4 Å². The van der Waals surface area contributed by atoms with E-state index in [2.05, 4.69) is 39.0 Å². The molecule has 0 aromatic heterocycles. The Morgan fingerprint density at radius 2 is 1.69 bits per heavy atom. The van der Waals surface area contributed by atoms with Crippen molar-refractivity contribution in [3.63, 3.8) is 0 Å². The summed E-state index contributed by atoms with van der Waals surface area (Å²) in [4.78, 5) is 12.7. The predicted octanol–water partition coefficient (Wildman–Crippen LogP) is 6.74. The van der Waals surface area contributed by atoms with Crippen molar-refractivity contribution in [2.75, 3.05) is 7.11 Å². The van der Waals surface area contributed by atoms with Crippen LogP contribution in [-0.2, 0) is 5.41 Å². The number of halogens is 2. The molecule has 0 amide bonds. The van der Waals surface area contributed by atoms with Gasteiger partial charge in [-0.1, -0.05) is 74.3 Å². The normalized spacial score (nSPS) is 15.0. The van der Waals surface area contributed by atoms with Crippen molar-refractivity contribution in [2.24, 2.45) is 5.73 Å². The lowest BCUT2D eigenvalue weighted by atomic mass is 9.81. The molecule has 0 spiro atoms. The van der Waals surface area contributed by atoms with Crippen molar-refractivity contribution in [3.05, 3.63) is 98.4 Å². The second-order valence-electron chi connectivity index (χ2n) is 9.36. The number of nitriles is 1. The molecule has 36 heavy (non-hydrogen) atoms. The van der Waals surface area contributed by atoms with Crippen LogP contribution in [0.4, 0.5) is 0 Å². The fraction of sp³-hybridized carbons (Fsp3) is 0.214. The van der Waals surface area contributed by atoms with Gasteiger partial charge >= 0.3 is 5.97 Å². The molecule has 0 saturated heterocycles. The molecule has 2 N–H and O–H groups in total. The maximum absolute atomic E-state index is 12.7. The van der Waals surface area contributed by atoms with Crippen molar-refractivity contribution >= 4 is 29.2 Å². The monoisotopic (exact) mass is 522 g/mol. The summed E-state index contributed by atoms with van der Waals surface area (Å²) in [7, 11) is 1.43. The lowest BCUT2D eigenvalue weighted by Crippen LogP contribution is -2.21. The standard InChI is InChI=1S/C28H24Cl2N2O4/c1-28(2,3)17-7-5-15(6-8-17)24-19-10-9-18(13-23(19)36-26(32)20(24)14-31)35-27(33)16-11-21(29)25(34-4)22(30)12-16/h5-13,24H,32H2,1-4H3. The highest BCUT2D eigenvalue weighted by atomic mass is 35.5. The number of fused-ring (bicyclic) bond motifs is 1. The lowest BCUT2D eigenvalue weighted by Gasteiger charge is -2.27. The van der Waals surface area contributed by atoms with E-state index >= 15 is 0 Å². The van der Waals surface area contributed by atoms with Crippen LogP contribution in [0.15, 0.2) is 66.1 Å². The zero-order chi connectivity index (χ0) is 26.2. The van der Waals surface area contributed by atoms with Gasteiger partial charge in [0.15, 0.2) is 5.75 Å². The van der Waals surface area contributed by atoms with E-state index in [1.807, 2.05) is 12.1 Å². The second kappa shape index (κ2) is 9.77. The van der Waals surface area contributed by atoms with Crippen LogP contribution in [0.3, 0.4) is 0 Å². The highest BCUT2D eigenvalue weighted by Crippen LogP contribution is 2.44. The SMILES string of the molecule is COc1c(Cl)cc(C(=O)Oc2ccc3c(c2)OC(N)=C(C#N)C3c2ccc(C(C)(C)C)cc2)cc1Cl.